The Hall–Kier alpha value is -1.65. The average Bonchev–Trinajstić information content (AvgIpc) is 2.82. The summed E-state index contributed by atoms with van der Waals surface area (Å²) in [7, 11) is 2.16. The number of aromatic nitrogens is 2. The van der Waals surface area contributed by atoms with Crippen LogP contribution in [-0.2, 0) is 0 Å². The number of aryl methyl sites for hydroxylation is 1. The molecular formula is C15H20N4. The monoisotopic (exact) mass is 256 g/mol. The van der Waals surface area contributed by atoms with Crippen molar-refractivity contribution in [2.24, 2.45) is 0 Å². The summed E-state index contributed by atoms with van der Waals surface area (Å²) in [5, 5.41) is 3.43. The highest BCUT2D eigenvalue weighted by atomic mass is 15.2. The molecule has 1 aromatic heterocycles. The largest absolute Gasteiger partial charge is 0.344 e. The van der Waals surface area contributed by atoms with Gasteiger partial charge in [0.25, 0.3) is 0 Å². The Morgan fingerprint density at radius 3 is 2.79 bits per heavy atom. The quantitative estimate of drug-likeness (QED) is 0.863. The highest BCUT2D eigenvalue weighted by Crippen LogP contribution is 2.25. The summed E-state index contributed by atoms with van der Waals surface area (Å²) in [6, 6.07) is 10.7. The first kappa shape index (κ1) is 12.4. The Morgan fingerprint density at radius 2 is 2.05 bits per heavy atom. The van der Waals surface area contributed by atoms with Crippen molar-refractivity contribution in [2.75, 3.05) is 26.7 Å². The summed E-state index contributed by atoms with van der Waals surface area (Å²) in [4.78, 5) is 10.6. The lowest BCUT2D eigenvalue weighted by Crippen LogP contribution is -2.44. The number of benzene rings is 1. The van der Waals surface area contributed by atoms with Crippen LogP contribution in [-0.4, -0.2) is 41.5 Å². The lowest BCUT2D eigenvalue weighted by Gasteiger charge is -2.31. The minimum atomic E-state index is 0.338. The van der Waals surface area contributed by atoms with Crippen molar-refractivity contribution in [1.29, 1.82) is 0 Å². The fourth-order valence-corrected chi connectivity index (χ4v) is 2.63. The summed E-state index contributed by atoms with van der Waals surface area (Å²) in [6.07, 6.45) is 0. The maximum absolute atomic E-state index is 4.82. The molecule has 2 heterocycles. The van der Waals surface area contributed by atoms with Gasteiger partial charge in [-0.1, -0.05) is 30.3 Å². The number of nitrogens with zero attached hydrogens (tertiary/aromatic N) is 2. The van der Waals surface area contributed by atoms with Gasteiger partial charge in [-0.05, 0) is 14.0 Å². The third-order valence-corrected chi connectivity index (χ3v) is 3.78. The number of hydrogen-bond donors (Lipinski definition) is 2. The molecule has 1 aliphatic rings. The first-order chi connectivity index (χ1) is 9.25. The van der Waals surface area contributed by atoms with Gasteiger partial charge in [0.05, 0.1) is 11.7 Å². The molecule has 4 nitrogen and oxygen atoms in total. The molecule has 100 valence electrons. The summed E-state index contributed by atoms with van der Waals surface area (Å²) in [5.41, 5.74) is 3.38. The van der Waals surface area contributed by atoms with E-state index in [2.05, 4.69) is 53.4 Å². The van der Waals surface area contributed by atoms with E-state index in [9.17, 15) is 0 Å². The van der Waals surface area contributed by atoms with Crippen LogP contribution in [0.3, 0.4) is 0 Å². The van der Waals surface area contributed by atoms with Crippen LogP contribution in [0, 0.1) is 6.92 Å². The standard InChI is InChI=1S/C15H20N4/c1-11-14(12-6-4-3-5-7-12)18-15(17-11)13-10-16-8-9-19(13)2/h3-7,13,16H,8-10H2,1-2H3,(H,17,18). The van der Waals surface area contributed by atoms with E-state index >= 15 is 0 Å². The Kier molecular flexibility index (Phi) is 3.36. The maximum Gasteiger partial charge on any atom is 0.125 e. The van der Waals surface area contributed by atoms with Crippen molar-refractivity contribution in [1.82, 2.24) is 20.2 Å². The normalized spacial score (nSPS) is 20.6. The molecule has 0 saturated carbocycles. The number of aromatic amines is 1. The fourth-order valence-electron chi connectivity index (χ4n) is 2.63. The van der Waals surface area contributed by atoms with Crippen molar-refractivity contribution in [2.45, 2.75) is 13.0 Å². The maximum atomic E-state index is 4.82. The van der Waals surface area contributed by atoms with Crippen molar-refractivity contribution in [3.05, 3.63) is 41.9 Å². The van der Waals surface area contributed by atoms with Crippen LogP contribution in [0.5, 0.6) is 0 Å². The fraction of sp³-hybridized carbons (Fsp3) is 0.400. The number of imidazole rings is 1. The average molecular weight is 256 g/mol. The van der Waals surface area contributed by atoms with E-state index in [4.69, 9.17) is 4.98 Å². The second-order valence-corrected chi connectivity index (χ2v) is 5.16. The smallest absolute Gasteiger partial charge is 0.125 e. The molecule has 0 radical (unpaired) electrons. The van der Waals surface area contributed by atoms with Gasteiger partial charge in [-0.15, -0.1) is 0 Å². The van der Waals surface area contributed by atoms with Crippen molar-refractivity contribution in [3.8, 4) is 11.3 Å². The predicted octanol–water partition coefficient (Wildman–Crippen LogP) is 1.96. The molecule has 3 rings (SSSR count). The third kappa shape index (κ3) is 2.41. The molecule has 1 atom stereocenters. The zero-order valence-corrected chi connectivity index (χ0v) is 11.5. The van der Waals surface area contributed by atoms with Crippen LogP contribution in [0.15, 0.2) is 30.3 Å². The molecule has 2 aromatic rings. The van der Waals surface area contributed by atoms with Crippen LogP contribution in [0.4, 0.5) is 0 Å². The number of H-pyrrole nitrogens is 1. The van der Waals surface area contributed by atoms with Gasteiger partial charge in [0.1, 0.15) is 5.82 Å². The zero-order valence-electron chi connectivity index (χ0n) is 11.5. The number of nitrogens with one attached hydrogen (secondary N) is 2. The lowest BCUT2D eigenvalue weighted by molar-refractivity contribution is 0.195. The van der Waals surface area contributed by atoms with Crippen molar-refractivity contribution >= 4 is 0 Å². The van der Waals surface area contributed by atoms with E-state index in [1.165, 1.54) is 5.56 Å². The molecule has 0 spiro atoms. The van der Waals surface area contributed by atoms with Crippen LogP contribution < -0.4 is 5.32 Å². The van der Waals surface area contributed by atoms with Crippen molar-refractivity contribution < 1.29 is 0 Å². The lowest BCUT2D eigenvalue weighted by atomic mass is 10.1. The second-order valence-electron chi connectivity index (χ2n) is 5.16. The number of piperazine rings is 1. The van der Waals surface area contributed by atoms with Gasteiger partial charge in [-0.2, -0.15) is 0 Å². The number of hydrogen-bond acceptors (Lipinski definition) is 3. The van der Waals surface area contributed by atoms with Gasteiger partial charge in [0.15, 0.2) is 0 Å². The molecule has 1 aliphatic heterocycles. The molecule has 0 aliphatic carbocycles. The van der Waals surface area contributed by atoms with E-state index in [0.717, 1.165) is 36.8 Å². The Balaban J connectivity index is 1.93. The summed E-state index contributed by atoms with van der Waals surface area (Å²) in [5.74, 6) is 1.06. The molecule has 0 amide bonds. The predicted molar refractivity (Wildman–Crippen MR) is 77.0 cm³/mol. The van der Waals surface area contributed by atoms with Gasteiger partial charge in [-0.25, -0.2) is 4.98 Å². The molecule has 4 heteroatoms. The van der Waals surface area contributed by atoms with Crippen LogP contribution in [0.1, 0.15) is 17.6 Å². The van der Waals surface area contributed by atoms with E-state index in [-0.39, 0.29) is 0 Å². The Morgan fingerprint density at radius 1 is 1.26 bits per heavy atom. The molecule has 19 heavy (non-hydrogen) atoms. The van der Waals surface area contributed by atoms with Gasteiger partial charge in [0, 0.05) is 30.9 Å². The number of rotatable bonds is 2. The third-order valence-electron chi connectivity index (χ3n) is 3.78. The van der Waals surface area contributed by atoms with E-state index in [1.54, 1.807) is 0 Å². The molecule has 1 saturated heterocycles. The topological polar surface area (TPSA) is 44.0 Å². The molecule has 2 N–H and O–H groups in total. The van der Waals surface area contributed by atoms with Crippen LogP contribution in [0.2, 0.25) is 0 Å². The zero-order chi connectivity index (χ0) is 13.2. The SMILES string of the molecule is Cc1[nH]c(C2CNCCN2C)nc1-c1ccccc1. The van der Waals surface area contributed by atoms with Gasteiger partial charge >= 0.3 is 0 Å². The molecular weight excluding hydrogens is 236 g/mol. The Bertz CT molecular complexity index is 547. The van der Waals surface area contributed by atoms with E-state index in [1.807, 2.05) is 6.07 Å². The number of likely N-dealkylation sites (N-methyl/N-ethyl adjacent to an activating group) is 1. The van der Waals surface area contributed by atoms with E-state index < -0.39 is 0 Å². The molecule has 1 fully saturated rings. The molecule has 0 bridgehead atoms. The summed E-state index contributed by atoms with van der Waals surface area (Å²) < 4.78 is 0. The van der Waals surface area contributed by atoms with E-state index in [0.29, 0.717) is 6.04 Å². The minimum Gasteiger partial charge on any atom is -0.344 e. The van der Waals surface area contributed by atoms with Crippen LogP contribution in [0.25, 0.3) is 11.3 Å². The highest BCUT2D eigenvalue weighted by molar-refractivity contribution is 5.61. The molecule has 1 aromatic carbocycles. The summed E-state index contributed by atoms with van der Waals surface area (Å²) >= 11 is 0. The molecule has 1 unspecified atom stereocenters. The highest BCUT2D eigenvalue weighted by Gasteiger charge is 2.24. The minimum absolute atomic E-state index is 0.338. The van der Waals surface area contributed by atoms with Gasteiger partial charge in [0.2, 0.25) is 0 Å². The summed E-state index contributed by atoms with van der Waals surface area (Å²) in [6.45, 7) is 5.16. The first-order valence-electron chi connectivity index (χ1n) is 6.78. The van der Waals surface area contributed by atoms with Gasteiger partial charge in [-0.3, -0.25) is 4.90 Å². The second kappa shape index (κ2) is 5.15. The van der Waals surface area contributed by atoms with Gasteiger partial charge < -0.3 is 10.3 Å². The Labute approximate surface area is 113 Å². The van der Waals surface area contributed by atoms with Crippen molar-refractivity contribution in [3.63, 3.8) is 0 Å². The van der Waals surface area contributed by atoms with Crippen LogP contribution >= 0.6 is 0 Å². The first-order valence-corrected chi connectivity index (χ1v) is 6.78.